The highest BCUT2D eigenvalue weighted by Crippen LogP contribution is 2.36. The number of pyridine rings is 1. The van der Waals surface area contributed by atoms with Gasteiger partial charge in [0.05, 0.1) is 13.2 Å². The molecule has 1 aromatic carbocycles. The minimum atomic E-state index is 0.692. The summed E-state index contributed by atoms with van der Waals surface area (Å²) >= 11 is 0. The maximum absolute atomic E-state index is 6.30. The maximum atomic E-state index is 6.30. The monoisotopic (exact) mass is 425 g/mol. The van der Waals surface area contributed by atoms with E-state index in [1.165, 1.54) is 61.6 Å². The molecular formula is C26H39N3O2. The molecule has 1 saturated carbocycles. The van der Waals surface area contributed by atoms with Crippen LogP contribution in [0, 0.1) is 5.92 Å². The average Bonchev–Trinajstić information content (AvgIpc) is 3.10. The molecule has 1 saturated heterocycles. The van der Waals surface area contributed by atoms with Gasteiger partial charge in [0.25, 0.3) is 0 Å². The summed E-state index contributed by atoms with van der Waals surface area (Å²) in [5.41, 5.74) is 3.70. The van der Waals surface area contributed by atoms with Gasteiger partial charge in [-0.15, -0.1) is 0 Å². The lowest BCUT2D eigenvalue weighted by Gasteiger charge is -2.33. The van der Waals surface area contributed by atoms with Gasteiger partial charge in [-0.3, -0.25) is 14.8 Å². The number of aromatic nitrogens is 1. The molecule has 0 radical (unpaired) electrons. The molecular weight excluding hydrogens is 386 g/mol. The first kappa shape index (κ1) is 22.5. The van der Waals surface area contributed by atoms with Crippen LogP contribution in [-0.4, -0.2) is 54.4 Å². The Kier molecular flexibility index (Phi) is 8.17. The van der Waals surface area contributed by atoms with Gasteiger partial charge in [0.15, 0.2) is 5.75 Å². The normalized spacial score (nSPS) is 21.0. The summed E-state index contributed by atoms with van der Waals surface area (Å²) in [6.45, 7) is 11.5. The molecule has 1 aromatic heterocycles. The maximum Gasteiger partial charge on any atom is 0.152 e. The summed E-state index contributed by atoms with van der Waals surface area (Å²) in [7, 11) is 0. The lowest BCUT2D eigenvalue weighted by atomic mass is 9.98. The van der Waals surface area contributed by atoms with Crippen molar-refractivity contribution in [3.05, 3.63) is 35.5 Å². The molecule has 31 heavy (non-hydrogen) atoms. The van der Waals surface area contributed by atoms with Crippen molar-refractivity contribution < 1.29 is 9.47 Å². The smallest absolute Gasteiger partial charge is 0.152 e. The molecule has 0 N–H and O–H groups in total. The Morgan fingerprint density at radius 2 is 1.81 bits per heavy atom. The molecule has 0 unspecified atom stereocenters. The number of nitrogens with zero attached hydrogens (tertiary/aromatic N) is 3. The summed E-state index contributed by atoms with van der Waals surface area (Å²) in [5.74, 6) is 1.83. The van der Waals surface area contributed by atoms with Crippen molar-refractivity contribution >= 4 is 10.9 Å². The van der Waals surface area contributed by atoms with Gasteiger partial charge >= 0.3 is 0 Å². The second-order valence-electron chi connectivity index (χ2n) is 8.95. The summed E-state index contributed by atoms with van der Waals surface area (Å²) in [6, 6.07) is 6.62. The molecule has 2 aromatic rings. The highest BCUT2D eigenvalue weighted by atomic mass is 16.5. The van der Waals surface area contributed by atoms with Crippen LogP contribution in [0.5, 0.6) is 5.75 Å². The molecule has 0 atom stereocenters. The van der Waals surface area contributed by atoms with Gasteiger partial charge in [0.1, 0.15) is 12.2 Å². The van der Waals surface area contributed by atoms with E-state index in [-0.39, 0.29) is 0 Å². The lowest BCUT2D eigenvalue weighted by molar-refractivity contribution is 0.0343. The first-order valence-electron chi connectivity index (χ1n) is 12.4. The summed E-state index contributed by atoms with van der Waals surface area (Å²) in [4.78, 5) is 9.71. The molecule has 3 aliphatic rings. The van der Waals surface area contributed by atoms with E-state index in [9.17, 15) is 0 Å². The van der Waals surface area contributed by atoms with E-state index in [2.05, 4.69) is 21.9 Å². The number of benzene rings is 1. The van der Waals surface area contributed by atoms with Crippen molar-refractivity contribution in [2.75, 3.05) is 39.6 Å². The van der Waals surface area contributed by atoms with Crippen molar-refractivity contribution in [2.24, 2.45) is 5.92 Å². The van der Waals surface area contributed by atoms with E-state index in [0.717, 1.165) is 56.6 Å². The van der Waals surface area contributed by atoms with E-state index < -0.39 is 0 Å². The second-order valence-corrected chi connectivity index (χ2v) is 8.95. The van der Waals surface area contributed by atoms with Gasteiger partial charge in [0, 0.05) is 49.9 Å². The third-order valence-electron chi connectivity index (χ3n) is 6.78. The average molecular weight is 426 g/mol. The molecule has 2 fully saturated rings. The molecule has 5 heteroatoms. The first-order valence-corrected chi connectivity index (χ1v) is 12.4. The highest BCUT2D eigenvalue weighted by Gasteiger charge is 2.25. The van der Waals surface area contributed by atoms with Crippen molar-refractivity contribution in [1.29, 1.82) is 0 Å². The van der Waals surface area contributed by atoms with E-state index in [4.69, 9.17) is 14.5 Å². The van der Waals surface area contributed by atoms with Crippen LogP contribution < -0.4 is 4.74 Å². The van der Waals surface area contributed by atoms with Crippen molar-refractivity contribution in [3.8, 4) is 5.75 Å². The Balaban J connectivity index is 0.00000112. The molecule has 5 nitrogen and oxygen atoms in total. The van der Waals surface area contributed by atoms with E-state index in [1.807, 2.05) is 26.1 Å². The van der Waals surface area contributed by atoms with Crippen LogP contribution in [-0.2, 0) is 17.8 Å². The third-order valence-corrected chi connectivity index (χ3v) is 6.78. The minimum Gasteiger partial charge on any atom is -0.475 e. The van der Waals surface area contributed by atoms with Crippen LogP contribution in [0.1, 0.15) is 63.5 Å². The number of ether oxygens (including phenoxy) is 2. The largest absolute Gasteiger partial charge is 0.475 e. The highest BCUT2D eigenvalue weighted by molar-refractivity contribution is 5.89. The predicted molar refractivity (Wildman–Crippen MR) is 126 cm³/mol. The van der Waals surface area contributed by atoms with Gasteiger partial charge < -0.3 is 9.47 Å². The second kappa shape index (κ2) is 11.3. The topological polar surface area (TPSA) is 37.8 Å². The Bertz CT molecular complexity index is 827. The van der Waals surface area contributed by atoms with E-state index >= 15 is 0 Å². The zero-order valence-electron chi connectivity index (χ0n) is 19.4. The number of rotatable bonds is 4. The Labute approximate surface area is 187 Å². The molecule has 0 bridgehead atoms. The molecule has 0 spiro atoms. The molecule has 1 aliphatic carbocycles. The summed E-state index contributed by atoms with van der Waals surface area (Å²) in [6.07, 6.45) is 10.3. The zero-order valence-corrected chi connectivity index (χ0v) is 19.4. The quantitative estimate of drug-likeness (QED) is 0.628. The fourth-order valence-corrected chi connectivity index (χ4v) is 5.23. The van der Waals surface area contributed by atoms with Crippen molar-refractivity contribution in [3.63, 3.8) is 0 Å². The predicted octanol–water partition coefficient (Wildman–Crippen LogP) is 5.22. The zero-order chi connectivity index (χ0) is 21.5. The SMILES string of the molecule is CC.c1cnc2c3c(cc(CN4CCOCC4)c2c1)CN(CC1CCCCCC1)CO3. The Hall–Kier alpha value is -1.69. The van der Waals surface area contributed by atoms with E-state index in [1.54, 1.807) is 0 Å². The Morgan fingerprint density at radius 3 is 2.58 bits per heavy atom. The Morgan fingerprint density at radius 1 is 1.03 bits per heavy atom. The standard InChI is InChI=1S/C24H33N3O2.C2H6/c1-2-4-7-19(6-3-1)15-27-17-21-14-20(16-26-10-12-28-13-11-26)22-8-5-9-25-23(22)24(21)29-18-27;1-2/h5,8-9,14,19H,1-4,6-7,10-13,15-18H2;1-2H3. The van der Waals surface area contributed by atoms with E-state index in [0.29, 0.717) is 6.73 Å². The van der Waals surface area contributed by atoms with Crippen molar-refractivity contribution in [1.82, 2.24) is 14.8 Å². The molecule has 3 heterocycles. The molecule has 5 rings (SSSR count). The summed E-state index contributed by atoms with van der Waals surface area (Å²) < 4.78 is 11.8. The summed E-state index contributed by atoms with van der Waals surface area (Å²) in [5, 5.41) is 1.23. The van der Waals surface area contributed by atoms with Crippen LogP contribution in [0.25, 0.3) is 10.9 Å². The third kappa shape index (κ3) is 5.57. The van der Waals surface area contributed by atoms with Gasteiger partial charge in [-0.2, -0.15) is 0 Å². The molecule has 2 aliphatic heterocycles. The fraction of sp³-hybridized carbons (Fsp3) is 0.654. The lowest BCUT2D eigenvalue weighted by Crippen LogP contribution is -2.37. The number of fused-ring (bicyclic) bond motifs is 3. The molecule has 170 valence electrons. The van der Waals surface area contributed by atoms with Gasteiger partial charge in [-0.25, -0.2) is 0 Å². The van der Waals surface area contributed by atoms with Crippen LogP contribution in [0.4, 0.5) is 0 Å². The molecule has 0 amide bonds. The van der Waals surface area contributed by atoms with Crippen LogP contribution >= 0.6 is 0 Å². The minimum absolute atomic E-state index is 0.692. The van der Waals surface area contributed by atoms with Gasteiger partial charge in [-0.1, -0.05) is 45.6 Å². The van der Waals surface area contributed by atoms with Gasteiger partial charge in [0.2, 0.25) is 0 Å². The van der Waals surface area contributed by atoms with Gasteiger partial charge in [-0.05, 0) is 36.5 Å². The fourth-order valence-electron chi connectivity index (χ4n) is 5.23. The van der Waals surface area contributed by atoms with Crippen LogP contribution in [0.2, 0.25) is 0 Å². The number of morpholine rings is 1. The van der Waals surface area contributed by atoms with Crippen molar-refractivity contribution in [2.45, 2.75) is 65.5 Å². The van der Waals surface area contributed by atoms with Crippen LogP contribution in [0.15, 0.2) is 24.4 Å². The number of hydrogen-bond donors (Lipinski definition) is 0. The number of hydrogen-bond acceptors (Lipinski definition) is 5. The van der Waals surface area contributed by atoms with Crippen LogP contribution in [0.3, 0.4) is 0 Å². The first-order chi connectivity index (χ1) is 15.4.